The molecule has 1 unspecified atom stereocenters. The van der Waals surface area contributed by atoms with E-state index in [1.165, 1.54) is 4.90 Å². The predicted octanol–water partition coefficient (Wildman–Crippen LogP) is 7.29. The fourth-order valence-electron chi connectivity index (χ4n) is 13.0. The zero-order valence-electron chi connectivity index (χ0n) is 47.5. The average molecular weight is 1100 g/mol. The number of likely N-dealkylation sites (tertiary alicyclic amines) is 3. The molecule has 11 rings (SSSR count). The number of aromatic hydroxyl groups is 1. The van der Waals surface area contributed by atoms with Crippen molar-refractivity contribution in [1.82, 2.24) is 54.7 Å². The number of nitrogens with two attached hydrogens (primary N) is 1. The van der Waals surface area contributed by atoms with Crippen LogP contribution in [0.2, 0.25) is 0 Å². The molecule has 19 heteroatoms. The van der Waals surface area contributed by atoms with Gasteiger partial charge in [-0.3, -0.25) is 14.3 Å². The maximum atomic E-state index is 14.4. The number of aliphatic hydroxyl groups excluding tert-OH is 1. The summed E-state index contributed by atoms with van der Waals surface area (Å²) in [5.74, 6) is 8.67. The van der Waals surface area contributed by atoms with E-state index in [4.69, 9.17) is 20.1 Å². The number of β-amino-alcohol motifs (C(OH)–C–C–N with tert-alkyl or cyclic N) is 1. The van der Waals surface area contributed by atoms with Gasteiger partial charge in [0.15, 0.2) is 17.4 Å². The van der Waals surface area contributed by atoms with Crippen LogP contribution in [0.5, 0.6) is 5.75 Å². The molecule has 6 aromatic rings. The molecule has 5 N–H and O–H groups in total. The minimum Gasteiger partial charge on any atom is -0.507 e. The van der Waals surface area contributed by atoms with E-state index in [9.17, 15) is 19.8 Å². The summed E-state index contributed by atoms with van der Waals surface area (Å²) in [6.45, 7) is 17.4. The number of carbonyl (C=O) groups is 2. The number of amides is 2. The number of para-hydroxylation sites is 1. The molecule has 19 nitrogen and oxygen atoms in total. The van der Waals surface area contributed by atoms with Crippen LogP contribution in [0, 0.1) is 36.5 Å². The summed E-state index contributed by atoms with van der Waals surface area (Å²) in [7, 11) is 0. The van der Waals surface area contributed by atoms with Crippen molar-refractivity contribution in [3.8, 4) is 34.5 Å². The lowest BCUT2D eigenvalue weighted by atomic mass is 9.83. The number of hydrogen-bond donors (Lipinski definition) is 4. The number of anilines is 2. The predicted molar refractivity (Wildman–Crippen MR) is 308 cm³/mol. The highest BCUT2D eigenvalue weighted by molar-refractivity contribution is 5.91. The summed E-state index contributed by atoms with van der Waals surface area (Å²) in [6.07, 6.45) is 16.4. The fourth-order valence-corrected chi connectivity index (χ4v) is 13.0. The van der Waals surface area contributed by atoms with Crippen molar-refractivity contribution >= 4 is 23.5 Å². The SMILES string of the molecule is Cc1nccn1-c1ccc([C@H](C)NC(=O)[C@@H]2C[C@@H](O)CN2C(=O)[C@@H](c2cc(N3CCC(CN4CCC(O[C@H]5C[C@H](N6CCC(C(C)n7cc(C#Cc8cc(-c9ccccc9O)nnc8N)cn7)CC6)C5)CC4)CC3)no2)C(C)C)cc1. The van der Waals surface area contributed by atoms with E-state index in [1.54, 1.807) is 36.7 Å². The third-order valence-corrected chi connectivity index (χ3v) is 18.1. The molecule has 2 amide bonds. The van der Waals surface area contributed by atoms with E-state index in [-0.39, 0.29) is 54.3 Å². The lowest BCUT2D eigenvalue weighted by Crippen LogP contribution is -2.52. The van der Waals surface area contributed by atoms with E-state index >= 15 is 0 Å². The van der Waals surface area contributed by atoms with Crippen LogP contribution >= 0.6 is 0 Å². The Morgan fingerprint density at radius 3 is 2.36 bits per heavy atom. The average Bonchev–Trinajstić information content (AvgIpc) is 4.31. The number of nitrogens with zero attached hydrogens (tertiary/aromatic N) is 11. The Morgan fingerprint density at radius 2 is 1.64 bits per heavy atom. The normalized spacial score (nSPS) is 22.8. The Labute approximate surface area is 475 Å². The number of imidazole rings is 1. The van der Waals surface area contributed by atoms with Crippen molar-refractivity contribution in [1.29, 1.82) is 0 Å². The summed E-state index contributed by atoms with van der Waals surface area (Å²) in [5, 5.41) is 41.6. The Kier molecular flexibility index (Phi) is 16.9. The van der Waals surface area contributed by atoms with Gasteiger partial charge in [-0.1, -0.05) is 55.1 Å². The number of carbonyl (C=O) groups excluding carboxylic acids is 2. The van der Waals surface area contributed by atoms with Gasteiger partial charge in [0.05, 0.1) is 53.4 Å². The first kappa shape index (κ1) is 55.8. The molecule has 8 heterocycles. The molecule has 428 valence electrons. The van der Waals surface area contributed by atoms with Crippen LogP contribution in [0.25, 0.3) is 16.9 Å². The topological polar surface area (TPSA) is 222 Å². The molecule has 0 bridgehead atoms. The van der Waals surface area contributed by atoms with Gasteiger partial charge in [0.1, 0.15) is 23.5 Å². The van der Waals surface area contributed by atoms with Crippen LogP contribution in [0.4, 0.5) is 11.6 Å². The maximum Gasteiger partial charge on any atom is 0.243 e. The molecule has 4 aromatic heterocycles. The van der Waals surface area contributed by atoms with Crippen LogP contribution in [-0.2, 0) is 14.3 Å². The zero-order chi connectivity index (χ0) is 56.3. The maximum absolute atomic E-state index is 14.4. The Morgan fingerprint density at radius 1 is 0.889 bits per heavy atom. The minimum atomic E-state index is -0.802. The highest BCUT2D eigenvalue weighted by Gasteiger charge is 2.44. The highest BCUT2D eigenvalue weighted by Crippen LogP contribution is 2.38. The van der Waals surface area contributed by atoms with E-state index in [0.717, 1.165) is 126 Å². The molecular formula is C62H79N13O6. The van der Waals surface area contributed by atoms with Crippen molar-refractivity contribution in [2.45, 2.75) is 141 Å². The molecule has 5 atom stereocenters. The van der Waals surface area contributed by atoms with Crippen molar-refractivity contribution in [2.24, 2.45) is 17.8 Å². The first-order valence-corrected chi connectivity index (χ1v) is 29.4. The Balaban J connectivity index is 0.580. The molecular weight excluding hydrogens is 1020 g/mol. The van der Waals surface area contributed by atoms with Gasteiger partial charge in [-0.15, -0.1) is 10.2 Å². The van der Waals surface area contributed by atoms with Crippen LogP contribution in [-0.4, -0.2) is 154 Å². The van der Waals surface area contributed by atoms with Crippen LogP contribution in [0.3, 0.4) is 0 Å². The third kappa shape index (κ3) is 12.7. The van der Waals surface area contributed by atoms with Gasteiger partial charge in [-0.05, 0) is 139 Å². The van der Waals surface area contributed by atoms with Gasteiger partial charge >= 0.3 is 0 Å². The second-order valence-electron chi connectivity index (χ2n) is 23.8. The van der Waals surface area contributed by atoms with E-state index in [2.05, 4.69) is 63.8 Å². The zero-order valence-corrected chi connectivity index (χ0v) is 47.5. The van der Waals surface area contributed by atoms with Gasteiger partial charge in [0.2, 0.25) is 11.8 Å². The van der Waals surface area contributed by atoms with Gasteiger partial charge in [-0.2, -0.15) is 5.10 Å². The van der Waals surface area contributed by atoms with Crippen molar-refractivity contribution in [3.63, 3.8) is 0 Å². The molecule has 5 fully saturated rings. The van der Waals surface area contributed by atoms with Crippen molar-refractivity contribution < 1.29 is 29.1 Å². The number of hydrogen-bond acceptors (Lipinski definition) is 15. The van der Waals surface area contributed by atoms with Gasteiger partial charge in [0, 0.05) is 87.6 Å². The largest absolute Gasteiger partial charge is 0.507 e. The number of nitrogens with one attached hydrogen (secondary N) is 1. The van der Waals surface area contributed by atoms with E-state index in [0.29, 0.717) is 52.7 Å². The van der Waals surface area contributed by atoms with Crippen LogP contribution in [0.15, 0.2) is 90.0 Å². The number of benzene rings is 2. The fraction of sp³-hybridized carbons (Fsp3) is 0.532. The van der Waals surface area contributed by atoms with Crippen molar-refractivity contribution in [3.05, 3.63) is 114 Å². The molecule has 1 aliphatic carbocycles. The Hall–Kier alpha value is -7.11. The smallest absolute Gasteiger partial charge is 0.243 e. The standard InChI is InChI=1S/C62H79N13O6/c1-39(2)59(62(79)74-38-50(76)33-55(74)61(78)66-40(3)45-12-14-48(15-13-45)73-29-22-64-42(73)5)57-34-58(69-81-57)72-25-16-43(17-26-72)36-70-23-20-51(21-24-70)80-52-31-49(32-52)71-27-18-46(19-28-71)41(4)75-37-44(35-65-75)10-11-47-30-54(67-68-60(47)63)53-8-6-7-9-56(53)77/h6-9,12-15,22,29-30,34-35,37,39-41,43,46,49-52,55,59,76-77H,16-21,23-28,31-33,36,38H2,1-5H3,(H2,63,68)(H,66,78)/t40-,41?,49-,50+,52-,55-,59+/m0/s1. The summed E-state index contributed by atoms with van der Waals surface area (Å²) < 4.78 is 16.7. The molecule has 0 radical (unpaired) electrons. The molecule has 2 aromatic carbocycles. The van der Waals surface area contributed by atoms with Crippen LogP contribution in [0.1, 0.15) is 132 Å². The lowest BCUT2D eigenvalue weighted by Gasteiger charge is -2.47. The first-order valence-electron chi connectivity index (χ1n) is 29.4. The van der Waals surface area contributed by atoms with Crippen LogP contribution < -0.4 is 16.0 Å². The second-order valence-corrected chi connectivity index (χ2v) is 23.8. The molecule has 81 heavy (non-hydrogen) atoms. The van der Waals surface area contributed by atoms with Gasteiger partial charge in [-0.25, -0.2) is 4.98 Å². The first-order chi connectivity index (χ1) is 39.2. The highest BCUT2D eigenvalue weighted by atomic mass is 16.5. The number of ether oxygens (including phenoxy) is 1. The number of piperidine rings is 3. The van der Waals surface area contributed by atoms with Crippen molar-refractivity contribution in [2.75, 3.05) is 63.0 Å². The number of rotatable bonds is 16. The second kappa shape index (κ2) is 24.5. The number of phenols is 1. The monoisotopic (exact) mass is 1100 g/mol. The summed E-state index contributed by atoms with van der Waals surface area (Å²) in [5.41, 5.74) is 10.5. The molecule has 4 saturated heterocycles. The number of aliphatic hydroxyl groups is 1. The summed E-state index contributed by atoms with van der Waals surface area (Å²) in [6, 6.07) is 18.4. The molecule has 0 spiro atoms. The molecule has 4 aliphatic heterocycles. The third-order valence-electron chi connectivity index (χ3n) is 18.1. The summed E-state index contributed by atoms with van der Waals surface area (Å²) in [4.78, 5) is 41.7. The quantitative estimate of drug-likeness (QED) is 0.0699. The number of nitrogen functional groups attached to an aromatic ring is 1. The van der Waals surface area contributed by atoms with Gasteiger partial charge < -0.3 is 54.7 Å². The number of aryl methyl sites for hydroxylation is 1. The van der Waals surface area contributed by atoms with E-state index < -0.39 is 18.1 Å². The summed E-state index contributed by atoms with van der Waals surface area (Å²) >= 11 is 0. The number of phenolic OH excluding ortho intramolecular Hbond substituents is 1. The Bertz CT molecular complexity index is 3170. The van der Waals surface area contributed by atoms with Gasteiger partial charge in [0.25, 0.3) is 0 Å². The lowest BCUT2D eigenvalue weighted by molar-refractivity contribution is -0.141. The molecule has 5 aliphatic rings. The minimum absolute atomic E-state index is 0.0856. The molecule has 1 saturated carbocycles. The number of aromatic nitrogens is 7. The van der Waals surface area contributed by atoms with E-state index in [1.807, 2.05) is 81.1 Å².